The van der Waals surface area contributed by atoms with Crippen LogP contribution in [0.4, 0.5) is 23.4 Å². The van der Waals surface area contributed by atoms with Crippen LogP contribution in [0.25, 0.3) is 5.69 Å². The standard InChI is InChI=1S/C26H25ClF4N6O2/c27-18-3-4-19-16(6-18)9-35(13-25(28)14-38-15-25)10-21-33-34-22(37(19)21)17-7-24(8-17)11-36(12-24)23-20(2-1-5-32-23)39-26(29,30)31/h1-6,17H,7-15H2. The van der Waals surface area contributed by atoms with Gasteiger partial charge in [-0.05, 0) is 48.7 Å². The first-order chi connectivity index (χ1) is 18.6. The van der Waals surface area contributed by atoms with Crippen LogP contribution < -0.4 is 9.64 Å². The molecule has 2 aromatic heterocycles. The Morgan fingerprint density at radius 2 is 1.90 bits per heavy atom. The Labute approximate surface area is 226 Å². The van der Waals surface area contributed by atoms with Crippen LogP contribution in [-0.2, 0) is 17.8 Å². The summed E-state index contributed by atoms with van der Waals surface area (Å²) in [7, 11) is 0. The van der Waals surface area contributed by atoms with Gasteiger partial charge >= 0.3 is 6.36 Å². The second kappa shape index (κ2) is 8.77. The summed E-state index contributed by atoms with van der Waals surface area (Å²) >= 11 is 6.33. The zero-order valence-corrected chi connectivity index (χ0v) is 21.6. The number of halogens is 5. The Bertz CT molecular complexity index is 1410. The molecule has 1 saturated carbocycles. The van der Waals surface area contributed by atoms with Crippen molar-refractivity contribution in [3.8, 4) is 11.4 Å². The monoisotopic (exact) mass is 564 g/mol. The molecule has 3 aromatic rings. The Hall–Kier alpha value is -2.96. The third kappa shape index (κ3) is 4.52. The Morgan fingerprint density at radius 3 is 2.62 bits per heavy atom. The minimum atomic E-state index is -4.78. The number of pyridine rings is 1. The van der Waals surface area contributed by atoms with E-state index in [1.54, 1.807) is 0 Å². The smallest absolute Gasteiger partial charge is 0.402 e. The molecule has 0 unspecified atom stereocenters. The third-order valence-corrected chi connectivity index (χ3v) is 8.31. The van der Waals surface area contributed by atoms with Gasteiger partial charge in [-0.25, -0.2) is 9.37 Å². The van der Waals surface area contributed by atoms with Gasteiger partial charge in [-0.2, -0.15) is 0 Å². The number of aromatic nitrogens is 4. The van der Waals surface area contributed by atoms with Crippen LogP contribution >= 0.6 is 11.6 Å². The van der Waals surface area contributed by atoms with Crippen molar-refractivity contribution in [1.29, 1.82) is 0 Å². The zero-order valence-electron chi connectivity index (χ0n) is 20.8. The van der Waals surface area contributed by atoms with Crippen molar-refractivity contribution < 1.29 is 27.0 Å². The predicted octanol–water partition coefficient (Wildman–Crippen LogP) is 4.65. The third-order valence-electron chi connectivity index (χ3n) is 8.08. The molecule has 2 saturated heterocycles. The number of benzene rings is 1. The fraction of sp³-hybridized carbons (Fsp3) is 0.500. The van der Waals surface area contributed by atoms with Crippen molar-refractivity contribution in [1.82, 2.24) is 24.6 Å². The molecule has 0 amide bonds. The number of anilines is 1. The highest BCUT2D eigenvalue weighted by Crippen LogP contribution is 2.57. The van der Waals surface area contributed by atoms with Crippen molar-refractivity contribution in [2.45, 2.75) is 43.9 Å². The zero-order chi connectivity index (χ0) is 27.0. The van der Waals surface area contributed by atoms with E-state index in [0.717, 1.165) is 35.7 Å². The highest BCUT2D eigenvalue weighted by Gasteiger charge is 2.55. The number of nitrogens with zero attached hydrogens (tertiary/aromatic N) is 6. The highest BCUT2D eigenvalue weighted by molar-refractivity contribution is 6.30. The quantitative estimate of drug-likeness (QED) is 0.418. The average molecular weight is 565 g/mol. The van der Waals surface area contributed by atoms with Crippen LogP contribution in [0.5, 0.6) is 5.75 Å². The fourth-order valence-corrected chi connectivity index (χ4v) is 6.64. The van der Waals surface area contributed by atoms with Gasteiger partial charge in [0.1, 0.15) is 5.82 Å². The second-order valence-electron chi connectivity index (χ2n) is 11.2. The molecule has 1 aromatic carbocycles. The van der Waals surface area contributed by atoms with Gasteiger partial charge in [0, 0.05) is 48.7 Å². The SMILES string of the molecule is FC1(CN2Cc3cc(Cl)ccc3-n3c(nnc3C3CC4(C3)CN(c3ncccc3OC(F)(F)F)C4)C2)COC1. The van der Waals surface area contributed by atoms with Gasteiger partial charge in [0.25, 0.3) is 0 Å². The van der Waals surface area contributed by atoms with Crippen molar-refractivity contribution in [2.24, 2.45) is 5.41 Å². The van der Waals surface area contributed by atoms with Crippen molar-refractivity contribution in [3.05, 3.63) is 58.8 Å². The van der Waals surface area contributed by atoms with Gasteiger partial charge in [0.15, 0.2) is 23.1 Å². The van der Waals surface area contributed by atoms with E-state index < -0.39 is 12.0 Å². The summed E-state index contributed by atoms with van der Waals surface area (Å²) in [6.45, 7) is 2.57. The average Bonchev–Trinajstić information content (AvgIpc) is 3.12. The van der Waals surface area contributed by atoms with E-state index in [2.05, 4.69) is 24.5 Å². The molecule has 0 bridgehead atoms. The number of fused-ring (bicyclic) bond motifs is 3. The van der Waals surface area contributed by atoms with Gasteiger partial charge < -0.3 is 14.4 Å². The summed E-state index contributed by atoms with van der Waals surface area (Å²) in [6, 6.07) is 8.41. The minimum absolute atomic E-state index is 0.0193. The summed E-state index contributed by atoms with van der Waals surface area (Å²) < 4.78 is 64.8. The molecule has 206 valence electrons. The first-order valence-electron chi connectivity index (χ1n) is 12.8. The summed E-state index contributed by atoms with van der Waals surface area (Å²) in [6.07, 6.45) is -1.64. The fourth-order valence-electron chi connectivity index (χ4n) is 6.45. The Kier molecular flexibility index (Phi) is 5.63. The lowest BCUT2D eigenvalue weighted by molar-refractivity contribution is -0.274. The molecule has 5 heterocycles. The Balaban J connectivity index is 1.10. The molecule has 0 atom stereocenters. The molecular formula is C26H25ClF4N6O2. The number of hydrogen-bond donors (Lipinski definition) is 0. The van der Waals surface area contributed by atoms with Gasteiger partial charge in [-0.3, -0.25) is 9.47 Å². The summed E-state index contributed by atoms with van der Waals surface area (Å²) in [5, 5.41) is 9.68. The molecular weight excluding hydrogens is 540 g/mol. The summed E-state index contributed by atoms with van der Waals surface area (Å²) in [5.74, 6) is 1.65. The first kappa shape index (κ1) is 25.0. The number of hydrogen-bond acceptors (Lipinski definition) is 7. The van der Waals surface area contributed by atoms with Crippen molar-refractivity contribution >= 4 is 17.4 Å². The van der Waals surface area contributed by atoms with Crippen LogP contribution in [0.15, 0.2) is 36.5 Å². The number of alkyl halides is 4. The number of ether oxygens (including phenoxy) is 2. The van der Waals surface area contributed by atoms with E-state index in [9.17, 15) is 17.6 Å². The normalized spacial score (nSPS) is 21.8. The van der Waals surface area contributed by atoms with Gasteiger partial charge in [0.05, 0.1) is 25.4 Å². The molecule has 3 fully saturated rings. The van der Waals surface area contributed by atoms with Crippen LogP contribution in [-0.4, -0.2) is 69.5 Å². The van der Waals surface area contributed by atoms with E-state index in [-0.39, 0.29) is 42.7 Å². The van der Waals surface area contributed by atoms with Gasteiger partial charge in [-0.15, -0.1) is 23.4 Å². The lowest BCUT2D eigenvalue weighted by Gasteiger charge is -2.59. The first-order valence-corrected chi connectivity index (χ1v) is 13.1. The lowest BCUT2D eigenvalue weighted by atomic mass is 9.57. The topological polar surface area (TPSA) is 68.5 Å². The summed E-state index contributed by atoms with van der Waals surface area (Å²) in [4.78, 5) is 7.99. The van der Waals surface area contributed by atoms with Crippen LogP contribution in [0.2, 0.25) is 5.02 Å². The van der Waals surface area contributed by atoms with Crippen molar-refractivity contribution in [3.63, 3.8) is 0 Å². The molecule has 7 rings (SSSR count). The molecule has 4 aliphatic rings. The van der Waals surface area contributed by atoms with E-state index in [0.29, 0.717) is 31.2 Å². The van der Waals surface area contributed by atoms with E-state index >= 15 is 0 Å². The van der Waals surface area contributed by atoms with Crippen LogP contribution in [0, 0.1) is 5.41 Å². The maximum absolute atomic E-state index is 14.9. The van der Waals surface area contributed by atoms with Gasteiger partial charge in [0.2, 0.25) is 0 Å². The maximum atomic E-state index is 14.9. The molecule has 39 heavy (non-hydrogen) atoms. The van der Waals surface area contributed by atoms with E-state index in [1.807, 2.05) is 28.0 Å². The molecule has 0 N–H and O–H groups in total. The van der Waals surface area contributed by atoms with Crippen LogP contribution in [0.3, 0.4) is 0 Å². The summed E-state index contributed by atoms with van der Waals surface area (Å²) in [5.41, 5.74) is 0.524. The Morgan fingerprint density at radius 1 is 1.10 bits per heavy atom. The molecule has 1 spiro atoms. The largest absolute Gasteiger partial charge is 0.573 e. The molecule has 13 heteroatoms. The van der Waals surface area contributed by atoms with Gasteiger partial charge in [-0.1, -0.05) is 11.6 Å². The van der Waals surface area contributed by atoms with Crippen molar-refractivity contribution in [2.75, 3.05) is 37.7 Å². The van der Waals surface area contributed by atoms with Crippen LogP contribution in [0.1, 0.15) is 36.0 Å². The van der Waals surface area contributed by atoms with E-state index in [1.165, 1.54) is 18.3 Å². The molecule has 8 nitrogen and oxygen atoms in total. The molecule has 0 radical (unpaired) electrons. The minimum Gasteiger partial charge on any atom is -0.402 e. The molecule has 3 aliphatic heterocycles. The second-order valence-corrected chi connectivity index (χ2v) is 11.6. The maximum Gasteiger partial charge on any atom is 0.573 e. The predicted molar refractivity (Wildman–Crippen MR) is 133 cm³/mol. The lowest BCUT2D eigenvalue weighted by Crippen LogP contribution is -2.62. The highest BCUT2D eigenvalue weighted by atomic mass is 35.5. The van der Waals surface area contributed by atoms with E-state index in [4.69, 9.17) is 16.3 Å². The number of rotatable bonds is 5. The molecule has 1 aliphatic carbocycles.